The normalized spacial score (nSPS) is 12.3. The van der Waals surface area contributed by atoms with Gasteiger partial charge in [-0.25, -0.2) is 0 Å². The van der Waals surface area contributed by atoms with E-state index >= 15 is 0 Å². The lowest BCUT2D eigenvalue weighted by molar-refractivity contribution is -0.00382. The molecule has 0 amide bonds. The Morgan fingerprint density at radius 2 is 2.00 bits per heavy atom. The molecule has 0 aliphatic rings. The smallest absolute Gasteiger partial charge is 0.301 e. The van der Waals surface area contributed by atoms with Gasteiger partial charge in [-0.15, -0.1) is 0 Å². The summed E-state index contributed by atoms with van der Waals surface area (Å²) in [6.07, 6.45) is 0. The first-order chi connectivity index (χ1) is 6.47. The Morgan fingerprint density at radius 1 is 1.29 bits per heavy atom. The lowest BCUT2D eigenvalue weighted by Crippen LogP contribution is -2.04. The minimum Gasteiger partial charge on any atom is -0.455 e. The van der Waals surface area contributed by atoms with Crippen molar-refractivity contribution in [2.75, 3.05) is 0 Å². The first kappa shape index (κ1) is 9.65. The molecule has 2 aromatic rings. The zero-order chi connectivity index (χ0) is 10.3. The van der Waals surface area contributed by atoms with Crippen molar-refractivity contribution in [3.63, 3.8) is 0 Å². The van der Waals surface area contributed by atoms with Crippen LogP contribution in [0.15, 0.2) is 33.2 Å². The van der Waals surface area contributed by atoms with Crippen LogP contribution < -0.4 is 0 Å². The highest BCUT2D eigenvalue weighted by Crippen LogP contribution is 2.32. The Morgan fingerprint density at radius 3 is 2.64 bits per heavy atom. The van der Waals surface area contributed by atoms with Crippen LogP contribution in [0.2, 0.25) is 0 Å². The minimum absolute atomic E-state index is 0.300. The molecule has 0 radical (unpaired) electrons. The van der Waals surface area contributed by atoms with Crippen LogP contribution in [-0.4, -0.2) is 0 Å². The molecule has 0 aliphatic heterocycles. The van der Waals surface area contributed by atoms with Crippen molar-refractivity contribution in [1.29, 1.82) is 0 Å². The summed E-state index contributed by atoms with van der Waals surface area (Å²) < 4.78 is 31.6. The third-order valence-corrected chi connectivity index (χ3v) is 2.41. The number of hydrogen-bond donors (Lipinski definition) is 0. The SMILES string of the molecule is CC(F)(F)c1cc2ccc(Br)cc2o1. The van der Waals surface area contributed by atoms with E-state index in [0.717, 1.165) is 11.4 Å². The maximum Gasteiger partial charge on any atom is 0.301 e. The van der Waals surface area contributed by atoms with Gasteiger partial charge in [-0.05, 0) is 24.3 Å². The van der Waals surface area contributed by atoms with Crippen LogP contribution in [-0.2, 0) is 5.92 Å². The molecule has 0 fully saturated rings. The molecule has 74 valence electrons. The average Bonchev–Trinajstić information content (AvgIpc) is 2.45. The topological polar surface area (TPSA) is 13.1 Å². The number of fused-ring (bicyclic) bond motifs is 1. The van der Waals surface area contributed by atoms with E-state index in [1.54, 1.807) is 18.2 Å². The summed E-state index contributed by atoms with van der Waals surface area (Å²) in [6, 6.07) is 6.56. The standard InChI is InChI=1S/C10H7BrF2O/c1-10(12,13)9-4-6-2-3-7(11)5-8(6)14-9/h2-5H,1H3. The maximum atomic E-state index is 12.9. The van der Waals surface area contributed by atoms with Crippen molar-refractivity contribution in [1.82, 2.24) is 0 Å². The maximum absolute atomic E-state index is 12.9. The summed E-state index contributed by atoms with van der Waals surface area (Å²) in [5, 5.41) is 0.685. The molecule has 0 bridgehead atoms. The molecule has 0 atom stereocenters. The molecule has 14 heavy (non-hydrogen) atoms. The Kier molecular flexibility index (Phi) is 2.10. The highest BCUT2D eigenvalue weighted by atomic mass is 79.9. The van der Waals surface area contributed by atoms with Crippen LogP contribution in [0, 0.1) is 0 Å². The fourth-order valence-corrected chi connectivity index (χ4v) is 1.56. The van der Waals surface area contributed by atoms with Gasteiger partial charge < -0.3 is 4.42 Å². The molecular formula is C10H7BrF2O. The number of alkyl halides is 2. The second-order valence-electron chi connectivity index (χ2n) is 3.18. The summed E-state index contributed by atoms with van der Waals surface area (Å²) >= 11 is 3.24. The van der Waals surface area contributed by atoms with Gasteiger partial charge in [0.25, 0.3) is 0 Å². The van der Waals surface area contributed by atoms with Gasteiger partial charge in [0.1, 0.15) is 5.58 Å². The lowest BCUT2D eigenvalue weighted by Gasteiger charge is -2.03. The number of halogens is 3. The molecule has 4 heteroatoms. The average molecular weight is 261 g/mol. The van der Waals surface area contributed by atoms with Crippen LogP contribution >= 0.6 is 15.9 Å². The van der Waals surface area contributed by atoms with Gasteiger partial charge in [0.05, 0.1) is 0 Å². The Bertz CT molecular complexity index is 470. The third kappa shape index (κ3) is 1.66. The van der Waals surface area contributed by atoms with Crippen molar-refractivity contribution in [2.45, 2.75) is 12.8 Å². The fraction of sp³-hybridized carbons (Fsp3) is 0.200. The van der Waals surface area contributed by atoms with E-state index in [0.29, 0.717) is 11.0 Å². The van der Waals surface area contributed by atoms with Crippen molar-refractivity contribution in [2.24, 2.45) is 0 Å². The van der Waals surface area contributed by atoms with E-state index in [9.17, 15) is 8.78 Å². The van der Waals surface area contributed by atoms with Crippen molar-refractivity contribution >= 4 is 26.9 Å². The zero-order valence-electron chi connectivity index (χ0n) is 7.35. The second kappa shape index (κ2) is 3.05. The molecule has 1 heterocycles. The summed E-state index contributed by atoms with van der Waals surface area (Å²) in [6.45, 7) is 0.819. The molecular weight excluding hydrogens is 254 g/mol. The van der Waals surface area contributed by atoms with Gasteiger partial charge in [0, 0.05) is 16.8 Å². The van der Waals surface area contributed by atoms with Crippen molar-refractivity contribution in [3.05, 3.63) is 34.5 Å². The second-order valence-corrected chi connectivity index (χ2v) is 4.10. The molecule has 0 unspecified atom stereocenters. The highest BCUT2D eigenvalue weighted by molar-refractivity contribution is 9.10. The third-order valence-electron chi connectivity index (χ3n) is 1.91. The van der Waals surface area contributed by atoms with Crippen LogP contribution in [0.3, 0.4) is 0 Å². The highest BCUT2D eigenvalue weighted by Gasteiger charge is 2.28. The van der Waals surface area contributed by atoms with Crippen LogP contribution in [0.1, 0.15) is 12.7 Å². The van der Waals surface area contributed by atoms with Crippen molar-refractivity contribution in [3.8, 4) is 0 Å². The first-order valence-corrected chi connectivity index (χ1v) is 4.83. The van der Waals surface area contributed by atoms with Crippen molar-refractivity contribution < 1.29 is 13.2 Å². The molecule has 1 aromatic carbocycles. The van der Waals surface area contributed by atoms with E-state index in [2.05, 4.69) is 15.9 Å². The fourth-order valence-electron chi connectivity index (χ4n) is 1.22. The summed E-state index contributed by atoms with van der Waals surface area (Å²) in [4.78, 5) is 0. The quantitative estimate of drug-likeness (QED) is 0.745. The molecule has 0 spiro atoms. The molecule has 0 aliphatic carbocycles. The summed E-state index contributed by atoms with van der Waals surface area (Å²) in [7, 11) is 0. The van der Waals surface area contributed by atoms with Gasteiger partial charge in [-0.1, -0.05) is 15.9 Å². The zero-order valence-corrected chi connectivity index (χ0v) is 8.94. The van der Waals surface area contributed by atoms with Crippen LogP contribution in [0.4, 0.5) is 8.78 Å². The van der Waals surface area contributed by atoms with Gasteiger partial charge >= 0.3 is 5.92 Å². The molecule has 1 nitrogen and oxygen atoms in total. The number of rotatable bonds is 1. The van der Waals surface area contributed by atoms with E-state index in [4.69, 9.17) is 4.42 Å². The van der Waals surface area contributed by atoms with Crippen LogP contribution in [0.25, 0.3) is 11.0 Å². The van der Waals surface area contributed by atoms with Gasteiger partial charge in [0.15, 0.2) is 5.76 Å². The Labute approximate surface area is 87.8 Å². The molecule has 2 rings (SSSR count). The molecule has 0 N–H and O–H groups in total. The molecule has 1 aromatic heterocycles. The van der Waals surface area contributed by atoms with Gasteiger partial charge in [0.2, 0.25) is 0 Å². The first-order valence-electron chi connectivity index (χ1n) is 4.04. The van der Waals surface area contributed by atoms with Gasteiger partial charge in [-0.3, -0.25) is 0 Å². The predicted molar refractivity (Wildman–Crippen MR) is 53.5 cm³/mol. The van der Waals surface area contributed by atoms with E-state index in [-0.39, 0.29) is 5.76 Å². The number of benzene rings is 1. The Balaban J connectivity index is 2.63. The minimum atomic E-state index is -2.93. The number of furan rings is 1. The summed E-state index contributed by atoms with van der Waals surface area (Å²) in [5.74, 6) is -3.23. The Hall–Kier alpha value is -0.900. The monoisotopic (exact) mass is 260 g/mol. The van der Waals surface area contributed by atoms with Gasteiger partial charge in [-0.2, -0.15) is 8.78 Å². The predicted octanol–water partition coefficient (Wildman–Crippen LogP) is 4.31. The van der Waals surface area contributed by atoms with E-state index < -0.39 is 5.92 Å². The van der Waals surface area contributed by atoms with E-state index in [1.807, 2.05) is 0 Å². The summed E-state index contributed by atoms with van der Waals surface area (Å²) in [5.41, 5.74) is 0.468. The number of hydrogen-bond acceptors (Lipinski definition) is 1. The molecule has 0 saturated carbocycles. The lowest BCUT2D eigenvalue weighted by atomic mass is 10.2. The largest absolute Gasteiger partial charge is 0.455 e. The molecule has 0 saturated heterocycles. The van der Waals surface area contributed by atoms with E-state index in [1.165, 1.54) is 6.07 Å². The van der Waals surface area contributed by atoms with Crippen LogP contribution in [0.5, 0.6) is 0 Å².